The molecule has 27 heavy (non-hydrogen) atoms. The molecule has 2 aliphatic rings. The van der Waals surface area contributed by atoms with Crippen molar-refractivity contribution >= 4 is 11.8 Å². The molecule has 0 radical (unpaired) electrons. The van der Waals surface area contributed by atoms with Gasteiger partial charge in [-0.25, -0.2) is 9.97 Å². The fourth-order valence-corrected chi connectivity index (χ4v) is 3.60. The van der Waals surface area contributed by atoms with Crippen molar-refractivity contribution in [3.05, 3.63) is 30.0 Å². The Labute approximate surface area is 159 Å². The van der Waals surface area contributed by atoms with E-state index in [1.807, 2.05) is 28.9 Å². The molecule has 1 N–H and O–H groups in total. The first-order chi connectivity index (χ1) is 13.1. The molecule has 8 heteroatoms. The third-order valence-electron chi connectivity index (χ3n) is 5.28. The first kappa shape index (κ1) is 18.2. The van der Waals surface area contributed by atoms with Gasteiger partial charge in [-0.3, -0.25) is 0 Å². The lowest BCUT2D eigenvalue weighted by Gasteiger charge is -2.36. The van der Waals surface area contributed by atoms with Crippen molar-refractivity contribution in [2.75, 3.05) is 42.6 Å². The van der Waals surface area contributed by atoms with Crippen LogP contribution in [0.3, 0.4) is 0 Å². The number of ether oxygens (including phenoxy) is 1. The van der Waals surface area contributed by atoms with Crippen LogP contribution in [0.1, 0.15) is 37.2 Å². The molecule has 0 unspecified atom stereocenters. The zero-order valence-electron chi connectivity index (χ0n) is 16.1. The number of aryl methyl sites for hydroxylation is 1. The number of aromatic nitrogens is 4. The second-order valence-corrected chi connectivity index (χ2v) is 7.45. The van der Waals surface area contributed by atoms with Gasteiger partial charge in [0.15, 0.2) is 0 Å². The van der Waals surface area contributed by atoms with E-state index in [4.69, 9.17) is 14.7 Å². The Morgan fingerprint density at radius 3 is 2.81 bits per heavy atom. The molecule has 4 rings (SSSR count). The van der Waals surface area contributed by atoms with Crippen molar-refractivity contribution in [2.45, 2.75) is 38.3 Å². The highest BCUT2D eigenvalue weighted by atomic mass is 16.5. The van der Waals surface area contributed by atoms with Gasteiger partial charge in [0.1, 0.15) is 11.6 Å². The van der Waals surface area contributed by atoms with Crippen LogP contribution in [0.5, 0.6) is 0 Å². The number of β-amino-alcohol motifs (C(OH)–C–C–N with tert-alkyl or cyclic N) is 1. The molecule has 8 nitrogen and oxygen atoms in total. The van der Waals surface area contributed by atoms with Crippen LogP contribution in [-0.4, -0.2) is 63.6 Å². The number of anilines is 2. The standard InChI is InChI=1S/C19H28N6O2/c1-3-6-24(12-18-20-5-7-23(18)2)17-9-16(14-4-8-27-13-14)21-19(22-17)25-10-15(26)11-25/h5,7,9,14-15,26H,3-4,6,8,10-13H2,1-2H3/t14-/m1/s1. The summed E-state index contributed by atoms with van der Waals surface area (Å²) in [6.07, 6.45) is 5.52. The predicted octanol–water partition coefficient (Wildman–Crippen LogP) is 1.31. The third kappa shape index (κ3) is 3.91. The van der Waals surface area contributed by atoms with Gasteiger partial charge >= 0.3 is 0 Å². The highest BCUT2D eigenvalue weighted by Gasteiger charge is 2.29. The summed E-state index contributed by atoms with van der Waals surface area (Å²) in [5, 5.41) is 9.69. The highest BCUT2D eigenvalue weighted by Crippen LogP contribution is 2.29. The number of hydrogen-bond acceptors (Lipinski definition) is 7. The van der Waals surface area contributed by atoms with Crippen LogP contribution in [0.2, 0.25) is 0 Å². The number of aliphatic hydroxyl groups is 1. The van der Waals surface area contributed by atoms with E-state index in [2.05, 4.69) is 22.9 Å². The molecule has 0 aliphatic carbocycles. The molecule has 2 saturated heterocycles. The normalized spacial score (nSPS) is 20.1. The second kappa shape index (κ2) is 7.82. The minimum absolute atomic E-state index is 0.283. The van der Waals surface area contributed by atoms with Crippen molar-refractivity contribution in [1.82, 2.24) is 19.5 Å². The SMILES string of the molecule is CCCN(Cc1nccn1C)c1cc([C@@H]2CCOC2)nc(N2CC(O)C2)n1. The maximum atomic E-state index is 9.69. The summed E-state index contributed by atoms with van der Waals surface area (Å²) in [5.41, 5.74) is 1.04. The van der Waals surface area contributed by atoms with E-state index in [1.54, 1.807) is 0 Å². The van der Waals surface area contributed by atoms with Crippen molar-refractivity contribution in [3.63, 3.8) is 0 Å². The van der Waals surface area contributed by atoms with E-state index in [0.29, 0.717) is 38.1 Å². The lowest BCUT2D eigenvalue weighted by Crippen LogP contribution is -2.51. The molecule has 0 amide bonds. The molecule has 0 saturated carbocycles. The maximum Gasteiger partial charge on any atom is 0.227 e. The molecule has 0 aromatic carbocycles. The quantitative estimate of drug-likeness (QED) is 0.785. The summed E-state index contributed by atoms with van der Waals surface area (Å²) in [4.78, 5) is 18.4. The Morgan fingerprint density at radius 1 is 1.33 bits per heavy atom. The molecule has 2 aliphatic heterocycles. The fraction of sp³-hybridized carbons (Fsp3) is 0.632. The van der Waals surface area contributed by atoms with Gasteiger partial charge in [0, 0.05) is 57.7 Å². The number of rotatable bonds is 7. The molecule has 0 bridgehead atoms. The lowest BCUT2D eigenvalue weighted by molar-refractivity contribution is 0.140. The van der Waals surface area contributed by atoms with Crippen LogP contribution >= 0.6 is 0 Å². The Bertz CT molecular complexity index is 767. The van der Waals surface area contributed by atoms with Gasteiger partial charge in [-0.05, 0) is 12.8 Å². The molecule has 4 heterocycles. The summed E-state index contributed by atoms with van der Waals surface area (Å²) >= 11 is 0. The monoisotopic (exact) mass is 372 g/mol. The second-order valence-electron chi connectivity index (χ2n) is 7.45. The smallest absolute Gasteiger partial charge is 0.227 e. The van der Waals surface area contributed by atoms with Crippen LogP contribution in [0.4, 0.5) is 11.8 Å². The minimum atomic E-state index is -0.283. The van der Waals surface area contributed by atoms with Crippen LogP contribution in [0.15, 0.2) is 18.5 Å². The first-order valence-corrected chi connectivity index (χ1v) is 9.75. The molecule has 2 fully saturated rings. The zero-order chi connectivity index (χ0) is 18.8. The predicted molar refractivity (Wildman–Crippen MR) is 103 cm³/mol. The van der Waals surface area contributed by atoms with Crippen LogP contribution in [0.25, 0.3) is 0 Å². The molecular formula is C19H28N6O2. The van der Waals surface area contributed by atoms with Crippen LogP contribution < -0.4 is 9.80 Å². The van der Waals surface area contributed by atoms with Gasteiger partial charge in [0.2, 0.25) is 5.95 Å². The van der Waals surface area contributed by atoms with Crippen LogP contribution in [0, 0.1) is 0 Å². The Balaban J connectivity index is 1.66. The summed E-state index contributed by atoms with van der Waals surface area (Å²) in [7, 11) is 2.01. The number of hydrogen-bond donors (Lipinski definition) is 1. The molecule has 2 aromatic heterocycles. The van der Waals surface area contributed by atoms with Crippen molar-refractivity contribution in [2.24, 2.45) is 7.05 Å². The summed E-state index contributed by atoms with van der Waals surface area (Å²) in [6, 6.07) is 2.11. The van der Waals surface area contributed by atoms with Crippen molar-refractivity contribution < 1.29 is 9.84 Å². The first-order valence-electron chi connectivity index (χ1n) is 9.75. The molecular weight excluding hydrogens is 344 g/mol. The van der Waals surface area contributed by atoms with Gasteiger partial charge in [-0.15, -0.1) is 0 Å². The van der Waals surface area contributed by atoms with Gasteiger partial charge in [0.05, 0.1) is 24.9 Å². The number of imidazole rings is 1. The van der Waals surface area contributed by atoms with Gasteiger partial charge < -0.3 is 24.2 Å². The van der Waals surface area contributed by atoms with E-state index in [0.717, 1.165) is 43.3 Å². The van der Waals surface area contributed by atoms with Gasteiger partial charge in [0.25, 0.3) is 0 Å². The van der Waals surface area contributed by atoms with Gasteiger partial charge in [-0.2, -0.15) is 4.98 Å². The average Bonchev–Trinajstić information content (AvgIpc) is 3.31. The lowest BCUT2D eigenvalue weighted by atomic mass is 10.0. The zero-order valence-corrected chi connectivity index (χ0v) is 16.1. The van der Waals surface area contributed by atoms with Crippen LogP contribution in [-0.2, 0) is 18.3 Å². The largest absolute Gasteiger partial charge is 0.389 e. The van der Waals surface area contributed by atoms with E-state index in [-0.39, 0.29) is 6.10 Å². The maximum absolute atomic E-state index is 9.69. The van der Waals surface area contributed by atoms with Crippen molar-refractivity contribution in [1.29, 1.82) is 0 Å². The van der Waals surface area contributed by atoms with E-state index >= 15 is 0 Å². The topological polar surface area (TPSA) is 79.5 Å². The van der Waals surface area contributed by atoms with E-state index in [9.17, 15) is 5.11 Å². The Morgan fingerprint density at radius 2 is 2.19 bits per heavy atom. The van der Waals surface area contributed by atoms with E-state index < -0.39 is 0 Å². The summed E-state index contributed by atoms with van der Waals surface area (Å²) in [5.74, 6) is 2.95. The Hall–Kier alpha value is -2.19. The van der Waals surface area contributed by atoms with Crippen molar-refractivity contribution in [3.8, 4) is 0 Å². The number of aliphatic hydroxyl groups excluding tert-OH is 1. The minimum Gasteiger partial charge on any atom is -0.389 e. The number of nitrogens with zero attached hydrogens (tertiary/aromatic N) is 6. The average molecular weight is 372 g/mol. The molecule has 146 valence electrons. The van der Waals surface area contributed by atoms with Gasteiger partial charge in [-0.1, -0.05) is 6.92 Å². The summed E-state index contributed by atoms with van der Waals surface area (Å²) in [6.45, 7) is 6.46. The third-order valence-corrected chi connectivity index (χ3v) is 5.28. The summed E-state index contributed by atoms with van der Waals surface area (Å²) < 4.78 is 7.62. The molecule has 1 atom stereocenters. The highest BCUT2D eigenvalue weighted by molar-refractivity contribution is 5.48. The Kier molecular flexibility index (Phi) is 5.27. The molecule has 0 spiro atoms. The molecule has 2 aromatic rings. The fourth-order valence-electron chi connectivity index (χ4n) is 3.60. The van der Waals surface area contributed by atoms with E-state index in [1.165, 1.54) is 0 Å².